The summed E-state index contributed by atoms with van der Waals surface area (Å²) < 4.78 is 106. The maximum Gasteiger partial charge on any atom is 0.410 e. The standard InChI is InChI=1S/C11H19F2NO2.C11H19NO3.C6H11F2N.C4H10F3NO2S.ClH/c1-10(2,3)16-9(15)14-7-4-5-11(12,13)6-8-14;1-11(2,3)15-10(14)12-7-4-5-9(13)6-8-12;7-6(8)2-1-4-9-5-3-6;1-9-3-8(4-10-2)11(5,6)7;/h4-8H2,1-3H3;4-8H2,1-3H3;9H,1-5H2;3-4H2,1-2H3;1H. The second-order valence-corrected chi connectivity index (χ2v) is 15.5. The van der Waals surface area contributed by atoms with Crippen molar-refractivity contribution < 1.29 is 62.5 Å². The van der Waals surface area contributed by atoms with Crippen LogP contribution in [0.5, 0.6) is 0 Å². The van der Waals surface area contributed by atoms with E-state index in [-0.39, 0.29) is 60.8 Å². The number of halogens is 8. The zero-order chi connectivity index (χ0) is 39.5. The minimum absolute atomic E-state index is 0. The van der Waals surface area contributed by atoms with Gasteiger partial charge in [-0.25, -0.2) is 27.2 Å². The van der Waals surface area contributed by atoms with Crippen molar-refractivity contribution in [3.63, 3.8) is 0 Å². The predicted octanol–water partition coefficient (Wildman–Crippen LogP) is 8.71. The molecule has 0 spiro atoms. The quantitative estimate of drug-likeness (QED) is 0.215. The number of likely N-dealkylation sites (tertiary alicyclic amines) is 2. The zero-order valence-corrected chi connectivity index (χ0v) is 33.3. The van der Waals surface area contributed by atoms with Gasteiger partial charge in [0.05, 0.1) is 0 Å². The van der Waals surface area contributed by atoms with E-state index in [1.807, 2.05) is 20.8 Å². The number of Topliss-reactive ketones (excluding diaryl/α,β-unsaturated/α-hetero) is 1. The molecule has 0 atom stereocenters. The molecule has 3 aliphatic heterocycles. The third-order valence-electron chi connectivity index (χ3n) is 6.97. The lowest BCUT2D eigenvalue weighted by atomic mass is 10.1. The van der Waals surface area contributed by atoms with E-state index in [4.69, 9.17) is 9.47 Å². The molecule has 20 heteroatoms. The number of methoxy groups -OCH3 is 2. The van der Waals surface area contributed by atoms with Crippen molar-refractivity contribution in [2.75, 3.05) is 66.9 Å². The summed E-state index contributed by atoms with van der Waals surface area (Å²) in [6.07, 6.45) is 1.56. The Morgan fingerprint density at radius 1 is 0.712 bits per heavy atom. The monoisotopic (exact) mass is 812 g/mol. The molecule has 0 radical (unpaired) electrons. The van der Waals surface area contributed by atoms with Gasteiger partial charge in [-0.05, 0) is 67.3 Å². The van der Waals surface area contributed by atoms with Gasteiger partial charge >= 0.3 is 12.2 Å². The zero-order valence-electron chi connectivity index (χ0n) is 31.7. The van der Waals surface area contributed by atoms with Crippen molar-refractivity contribution in [1.29, 1.82) is 0 Å². The van der Waals surface area contributed by atoms with Crippen molar-refractivity contribution in [2.45, 2.75) is 122 Å². The Morgan fingerprint density at radius 2 is 1.17 bits per heavy atom. The van der Waals surface area contributed by atoms with Crippen LogP contribution in [0.15, 0.2) is 0 Å². The molecule has 11 nitrogen and oxygen atoms in total. The summed E-state index contributed by atoms with van der Waals surface area (Å²) in [5.41, 5.74) is -1.04. The third kappa shape index (κ3) is 26.9. The molecule has 0 bridgehead atoms. The van der Waals surface area contributed by atoms with Gasteiger partial charge in [-0.15, -0.1) is 28.4 Å². The van der Waals surface area contributed by atoms with E-state index >= 15 is 0 Å². The first-order valence-corrected chi connectivity index (χ1v) is 18.2. The predicted molar refractivity (Wildman–Crippen MR) is 189 cm³/mol. The largest absolute Gasteiger partial charge is 0.444 e. The molecule has 312 valence electrons. The van der Waals surface area contributed by atoms with Crippen LogP contribution in [0, 0.1) is 0 Å². The molecule has 3 saturated heterocycles. The molecule has 3 aliphatic rings. The molecule has 0 unspecified atom stereocenters. The Morgan fingerprint density at radius 3 is 1.65 bits per heavy atom. The number of ether oxygens (including phenoxy) is 4. The minimum atomic E-state index is -5.21. The molecular formula is C32H60ClF7N4O7S. The molecule has 52 heavy (non-hydrogen) atoms. The average molecular weight is 813 g/mol. The second kappa shape index (κ2) is 24.6. The van der Waals surface area contributed by atoms with E-state index in [0.717, 1.165) is 13.0 Å². The van der Waals surface area contributed by atoms with Gasteiger partial charge < -0.3 is 34.1 Å². The molecule has 0 saturated carbocycles. The first-order chi connectivity index (χ1) is 23.3. The maximum absolute atomic E-state index is 13.1. The summed E-state index contributed by atoms with van der Waals surface area (Å²) in [5, 5.41) is 2.92. The van der Waals surface area contributed by atoms with E-state index in [1.54, 1.807) is 25.7 Å². The third-order valence-corrected chi connectivity index (χ3v) is 7.76. The van der Waals surface area contributed by atoms with E-state index in [0.29, 0.717) is 51.9 Å². The molecular weight excluding hydrogens is 753 g/mol. The van der Waals surface area contributed by atoms with Crippen LogP contribution < -0.4 is 5.32 Å². The summed E-state index contributed by atoms with van der Waals surface area (Å²) in [6, 6.07) is 0. The number of carbonyl (C=O) groups is 3. The number of alkyl halides is 4. The van der Waals surface area contributed by atoms with Gasteiger partial charge in [-0.3, -0.25) is 4.79 Å². The van der Waals surface area contributed by atoms with Gasteiger partial charge in [-0.2, -0.15) is 0 Å². The average Bonchev–Trinajstić information content (AvgIpc) is 3.40. The van der Waals surface area contributed by atoms with Gasteiger partial charge in [0.25, 0.3) is 11.4 Å². The Balaban J connectivity index is 0. The molecule has 1 N–H and O–H groups in total. The summed E-state index contributed by atoms with van der Waals surface area (Å²) in [5.74, 6) is -4.80. The Bertz CT molecular complexity index is 1020. The second-order valence-electron chi connectivity index (χ2n) is 14.2. The highest BCUT2D eigenvalue weighted by atomic mass is 35.5. The first kappa shape index (κ1) is 52.3. The fourth-order valence-corrected chi connectivity index (χ4v) is 4.93. The smallest absolute Gasteiger partial charge is 0.410 e. The normalized spacial score (nSPS) is 19.7. The van der Waals surface area contributed by atoms with Gasteiger partial charge in [0.1, 0.15) is 30.4 Å². The number of ketones is 1. The summed E-state index contributed by atoms with van der Waals surface area (Å²) >= 11 is -5.21. The molecule has 0 aromatic rings. The summed E-state index contributed by atoms with van der Waals surface area (Å²) in [7, 11) is 2.40. The van der Waals surface area contributed by atoms with E-state index in [1.165, 1.54) is 19.1 Å². The highest BCUT2D eigenvalue weighted by Gasteiger charge is 2.34. The lowest BCUT2D eigenvalue weighted by Gasteiger charge is -2.26. The van der Waals surface area contributed by atoms with E-state index < -0.39 is 54.0 Å². The Labute approximate surface area is 312 Å². The van der Waals surface area contributed by atoms with Crippen molar-refractivity contribution in [1.82, 2.24) is 19.4 Å². The SMILES string of the molecule is CC(C)(C)OC(=O)N1CCCC(=O)CC1.CC(C)(C)OC(=O)N1CCCC(F)(F)CC1.COCN(COC)S(F)(F)F.Cl.FC1(F)CCCNCC1. The van der Waals surface area contributed by atoms with Crippen LogP contribution in [0.3, 0.4) is 0 Å². The lowest BCUT2D eigenvalue weighted by molar-refractivity contribution is -0.118. The lowest BCUT2D eigenvalue weighted by Crippen LogP contribution is -2.37. The van der Waals surface area contributed by atoms with Crippen LogP contribution in [-0.4, -0.2) is 122 Å². The number of nitrogens with one attached hydrogen (secondary N) is 1. The summed E-state index contributed by atoms with van der Waals surface area (Å²) in [4.78, 5) is 37.4. The molecule has 2 amide bonds. The van der Waals surface area contributed by atoms with Gasteiger partial charge in [0.2, 0.25) is 11.8 Å². The number of carbonyl (C=O) groups excluding carboxylic acids is 3. The topological polar surface area (TPSA) is 110 Å². The van der Waals surface area contributed by atoms with Crippen molar-refractivity contribution in [2.24, 2.45) is 0 Å². The number of rotatable bonds is 5. The highest BCUT2D eigenvalue weighted by Crippen LogP contribution is 2.56. The highest BCUT2D eigenvalue weighted by molar-refractivity contribution is 8.18. The molecule has 3 rings (SSSR count). The molecule has 0 aliphatic carbocycles. The van der Waals surface area contributed by atoms with Gasteiger partial charge in [-0.1, -0.05) is 0 Å². The van der Waals surface area contributed by atoms with Crippen molar-refractivity contribution in [3.05, 3.63) is 0 Å². The van der Waals surface area contributed by atoms with Crippen LogP contribution in [-0.2, 0) is 23.7 Å². The molecule has 3 fully saturated rings. The maximum atomic E-state index is 13.1. The fourth-order valence-electron chi connectivity index (χ4n) is 4.48. The number of amides is 2. The van der Waals surface area contributed by atoms with Crippen LogP contribution in [0.2, 0.25) is 0 Å². The van der Waals surface area contributed by atoms with Crippen molar-refractivity contribution >= 4 is 41.7 Å². The number of nitrogens with zero attached hydrogens (tertiary/aromatic N) is 3. The first-order valence-electron chi connectivity index (χ1n) is 16.9. The van der Waals surface area contributed by atoms with Crippen LogP contribution in [0.1, 0.15) is 99.3 Å². The molecule has 0 aromatic carbocycles. The van der Waals surface area contributed by atoms with Gasteiger partial charge in [0.15, 0.2) is 0 Å². The van der Waals surface area contributed by atoms with Crippen molar-refractivity contribution in [3.8, 4) is 0 Å². The minimum Gasteiger partial charge on any atom is -0.444 e. The van der Waals surface area contributed by atoms with Gasteiger partial charge in [0, 0.05) is 85.5 Å². The summed E-state index contributed by atoms with van der Waals surface area (Å²) in [6.45, 7) is 12.6. The van der Waals surface area contributed by atoms with Crippen LogP contribution in [0.4, 0.5) is 38.8 Å². The van der Waals surface area contributed by atoms with E-state index in [2.05, 4.69) is 14.8 Å². The fraction of sp³-hybridized carbons (Fsp3) is 0.906. The molecule has 0 aromatic heterocycles. The Hall–Kier alpha value is -1.80. The van der Waals surface area contributed by atoms with Crippen LogP contribution in [0.25, 0.3) is 0 Å². The van der Waals surface area contributed by atoms with Crippen LogP contribution >= 0.6 is 23.8 Å². The Kier molecular flexibility index (Phi) is 24.7. The number of hydrogen-bond donors (Lipinski definition) is 1. The van der Waals surface area contributed by atoms with E-state index in [9.17, 15) is 43.6 Å². The molecule has 3 heterocycles. The number of hydrogen-bond acceptors (Lipinski definition) is 9.